The molecule has 0 aromatic carbocycles. The summed E-state index contributed by atoms with van der Waals surface area (Å²) in [6.07, 6.45) is 2.80. The van der Waals surface area contributed by atoms with Crippen LogP contribution in [0, 0.1) is 5.92 Å². The van der Waals surface area contributed by atoms with Gasteiger partial charge < -0.3 is 15.2 Å². The van der Waals surface area contributed by atoms with Crippen molar-refractivity contribution in [2.75, 3.05) is 13.2 Å². The van der Waals surface area contributed by atoms with E-state index in [1.54, 1.807) is 13.8 Å². The summed E-state index contributed by atoms with van der Waals surface area (Å²) in [6.45, 7) is 4.04. The average molecular weight is 243 g/mol. The lowest BCUT2D eigenvalue weighted by atomic mass is 9.73. The van der Waals surface area contributed by atoms with Gasteiger partial charge in [-0.1, -0.05) is 12.8 Å². The van der Waals surface area contributed by atoms with Gasteiger partial charge in [-0.3, -0.25) is 9.59 Å². The van der Waals surface area contributed by atoms with Crippen molar-refractivity contribution in [3.05, 3.63) is 0 Å². The Hall–Kier alpha value is -1.10. The molecule has 0 radical (unpaired) electrons. The predicted molar refractivity (Wildman–Crippen MR) is 62.1 cm³/mol. The second kappa shape index (κ2) is 6.00. The third-order valence-corrected chi connectivity index (χ3v) is 3.18. The van der Waals surface area contributed by atoms with Gasteiger partial charge in [0.1, 0.15) is 5.54 Å². The minimum Gasteiger partial charge on any atom is -0.466 e. The Kier molecular flexibility index (Phi) is 4.93. The lowest BCUT2D eigenvalue weighted by molar-refractivity contribution is -0.164. The fraction of sp³-hybridized carbons (Fsp3) is 0.833. The van der Waals surface area contributed by atoms with E-state index in [1.165, 1.54) is 0 Å². The van der Waals surface area contributed by atoms with Crippen LogP contribution in [0.3, 0.4) is 0 Å². The first-order valence-electron chi connectivity index (χ1n) is 6.19. The van der Waals surface area contributed by atoms with Gasteiger partial charge in [-0.05, 0) is 26.7 Å². The summed E-state index contributed by atoms with van der Waals surface area (Å²) in [5.74, 6) is -1.45. The standard InChI is InChI=1S/C12H21NO4/c1-3-16-10(14)9-7-5-6-8-12(9,13)11(15)17-4-2/h9H,3-8,13H2,1-2H3. The van der Waals surface area contributed by atoms with Crippen molar-refractivity contribution >= 4 is 11.9 Å². The highest BCUT2D eigenvalue weighted by Crippen LogP contribution is 2.34. The molecular weight excluding hydrogens is 222 g/mol. The van der Waals surface area contributed by atoms with E-state index in [0.29, 0.717) is 19.4 Å². The van der Waals surface area contributed by atoms with Gasteiger partial charge in [-0.2, -0.15) is 0 Å². The lowest BCUT2D eigenvalue weighted by Gasteiger charge is -2.37. The molecule has 0 saturated heterocycles. The number of hydrogen-bond acceptors (Lipinski definition) is 5. The third kappa shape index (κ3) is 2.97. The van der Waals surface area contributed by atoms with E-state index < -0.39 is 17.4 Å². The van der Waals surface area contributed by atoms with Crippen LogP contribution < -0.4 is 5.73 Å². The topological polar surface area (TPSA) is 78.6 Å². The zero-order valence-corrected chi connectivity index (χ0v) is 10.5. The van der Waals surface area contributed by atoms with Crippen molar-refractivity contribution in [3.63, 3.8) is 0 Å². The molecule has 0 bridgehead atoms. The molecule has 1 saturated carbocycles. The number of carbonyl (C=O) groups is 2. The quantitative estimate of drug-likeness (QED) is 0.745. The Bertz CT molecular complexity index is 292. The molecule has 2 N–H and O–H groups in total. The van der Waals surface area contributed by atoms with Gasteiger partial charge >= 0.3 is 11.9 Å². The molecular formula is C12H21NO4. The first-order chi connectivity index (χ1) is 8.06. The van der Waals surface area contributed by atoms with Crippen molar-refractivity contribution in [2.24, 2.45) is 11.7 Å². The summed E-state index contributed by atoms with van der Waals surface area (Å²) in [4.78, 5) is 23.7. The summed E-state index contributed by atoms with van der Waals surface area (Å²) in [5, 5.41) is 0. The summed E-state index contributed by atoms with van der Waals surface area (Å²) in [6, 6.07) is 0. The Morgan fingerprint density at radius 2 is 1.88 bits per heavy atom. The van der Waals surface area contributed by atoms with Gasteiger partial charge in [-0.15, -0.1) is 0 Å². The van der Waals surface area contributed by atoms with Crippen LogP contribution >= 0.6 is 0 Å². The first kappa shape index (κ1) is 14.0. The van der Waals surface area contributed by atoms with E-state index in [9.17, 15) is 9.59 Å². The van der Waals surface area contributed by atoms with Crippen LogP contribution in [-0.2, 0) is 19.1 Å². The van der Waals surface area contributed by atoms with Crippen molar-refractivity contribution in [1.82, 2.24) is 0 Å². The minimum absolute atomic E-state index is 0.271. The summed E-state index contributed by atoms with van der Waals surface area (Å²) in [7, 11) is 0. The van der Waals surface area contributed by atoms with E-state index in [1.807, 2.05) is 0 Å². The van der Waals surface area contributed by atoms with Crippen molar-refractivity contribution in [2.45, 2.75) is 45.1 Å². The zero-order valence-electron chi connectivity index (χ0n) is 10.5. The second-order valence-corrected chi connectivity index (χ2v) is 4.31. The Labute approximate surface area is 102 Å². The van der Waals surface area contributed by atoms with Gasteiger partial charge in [0.25, 0.3) is 0 Å². The normalized spacial score (nSPS) is 28.5. The van der Waals surface area contributed by atoms with E-state index in [0.717, 1.165) is 12.8 Å². The maximum Gasteiger partial charge on any atom is 0.327 e. The molecule has 0 aromatic heterocycles. The highest BCUT2D eigenvalue weighted by molar-refractivity contribution is 5.88. The molecule has 5 heteroatoms. The number of ether oxygens (including phenoxy) is 2. The molecule has 1 aliphatic carbocycles. The summed E-state index contributed by atoms with van der Waals surface area (Å²) < 4.78 is 9.95. The molecule has 0 spiro atoms. The molecule has 2 unspecified atom stereocenters. The second-order valence-electron chi connectivity index (χ2n) is 4.31. The largest absolute Gasteiger partial charge is 0.466 e. The Morgan fingerprint density at radius 1 is 1.24 bits per heavy atom. The maximum atomic E-state index is 11.9. The molecule has 2 atom stereocenters. The maximum absolute atomic E-state index is 11.9. The SMILES string of the molecule is CCOC(=O)C1CCCCC1(N)C(=O)OCC. The van der Waals surface area contributed by atoms with Crippen LogP contribution in [0.4, 0.5) is 0 Å². The van der Waals surface area contributed by atoms with Gasteiger partial charge in [-0.25, -0.2) is 0 Å². The number of hydrogen-bond donors (Lipinski definition) is 1. The average Bonchev–Trinajstić information content (AvgIpc) is 2.30. The first-order valence-corrected chi connectivity index (χ1v) is 6.19. The van der Waals surface area contributed by atoms with Crippen LogP contribution in [0.1, 0.15) is 39.5 Å². The molecule has 17 heavy (non-hydrogen) atoms. The van der Waals surface area contributed by atoms with Crippen molar-refractivity contribution < 1.29 is 19.1 Å². The number of rotatable bonds is 4. The Morgan fingerprint density at radius 3 is 2.47 bits per heavy atom. The smallest absolute Gasteiger partial charge is 0.327 e. The molecule has 0 aromatic rings. The molecule has 98 valence electrons. The van der Waals surface area contributed by atoms with Crippen LogP contribution in [-0.4, -0.2) is 30.7 Å². The van der Waals surface area contributed by atoms with E-state index in [2.05, 4.69) is 0 Å². The van der Waals surface area contributed by atoms with Crippen LogP contribution in [0.15, 0.2) is 0 Å². The number of carbonyl (C=O) groups excluding carboxylic acids is 2. The van der Waals surface area contributed by atoms with Gasteiger partial charge in [0.05, 0.1) is 19.1 Å². The zero-order chi connectivity index (χ0) is 12.9. The van der Waals surface area contributed by atoms with Gasteiger partial charge in [0.15, 0.2) is 0 Å². The minimum atomic E-state index is -1.21. The van der Waals surface area contributed by atoms with Crippen molar-refractivity contribution in [3.8, 4) is 0 Å². The van der Waals surface area contributed by atoms with Crippen LogP contribution in [0.2, 0.25) is 0 Å². The van der Waals surface area contributed by atoms with Gasteiger partial charge in [0.2, 0.25) is 0 Å². The van der Waals surface area contributed by atoms with Crippen LogP contribution in [0.5, 0.6) is 0 Å². The monoisotopic (exact) mass is 243 g/mol. The highest BCUT2D eigenvalue weighted by atomic mass is 16.5. The Balaban J connectivity index is 2.83. The summed E-state index contributed by atoms with van der Waals surface area (Å²) >= 11 is 0. The third-order valence-electron chi connectivity index (χ3n) is 3.18. The summed E-state index contributed by atoms with van der Waals surface area (Å²) in [5.41, 5.74) is 4.88. The fourth-order valence-electron chi connectivity index (χ4n) is 2.28. The van der Waals surface area contributed by atoms with Gasteiger partial charge in [0, 0.05) is 0 Å². The molecule has 0 aliphatic heterocycles. The van der Waals surface area contributed by atoms with Crippen molar-refractivity contribution in [1.29, 1.82) is 0 Å². The van der Waals surface area contributed by atoms with E-state index in [4.69, 9.17) is 15.2 Å². The molecule has 1 aliphatic rings. The van der Waals surface area contributed by atoms with E-state index in [-0.39, 0.29) is 12.6 Å². The molecule has 5 nitrogen and oxygen atoms in total. The van der Waals surface area contributed by atoms with Crippen LogP contribution in [0.25, 0.3) is 0 Å². The highest BCUT2D eigenvalue weighted by Gasteiger charge is 2.49. The van der Waals surface area contributed by atoms with E-state index >= 15 is 0 Å². The fourth-order valence-corrected chi connectivity index (χ4v) is 2.28. The molecule has 1 fully saturated rings. The predicted octanol–water partition coefficient (Wildman–Crippen LogP) is 1.00. The number of esters is 2. The molecule has 0 heterocycles. The lowest BCUT2D eigenvalue weighted by Crippen LogP contribution is -2.59. The number of nitrogens with two attached hydrogens (primary N) is 1. The molecule has 1 rings (SSSR count). The molecule has 0 amide bonds.